The molecular formula is C17H18ClN5O2S. The Kier molecular flexibility index (Phi) is 4.97. The van der Waals surface area contributed by atoms with Crippen molar-refractivity contribution in [2.24, 2.45) is 7.05 Å². The predicted molar refractivity (Wildman–Crippen MR) is 101 cm³/mol. The van der Waals surface area contributed by atoms with E-state index in [9.17, 15) is 8.42 Å². The topological polar surface area (TPSA) is 89.8 Å². The Morgan fingerprint density at radius 1 is 1.23 bits per heavy atom. The van der Waals surface area contributed by atoms with Gasteiger partial charge in [0.15, 0.2) is 0 Å². The van der Waals surface area contributed by atoms with Gasteiger partial charge in [-0.25, -0.2) is 18.1 Å². The second-order valence-electron chi connectivity index (χ2n) is 5.79. The van der Waals surface area contributed by atoms with Gasteiger partial charge in [0.05, 0.1) is 11.9 Å². The van der Waals surface area contributed by atoms with Crippen molar-refractivity contribution in [1.82, 2.24) is 19.7 Å². The van der Waals surface area contributed by atoms with Crippen LogP contribution in [0.1, 0.15) is 18.1 Å². The fourth-order valence-corrected chi connectivity index (χ4v) is 3.82. The third-order valence-electron chi connectivity index (χ3n) is 3.93. The molecule has 2 heterocycles. The molecule has 0 atom stereocenters. The van der Waals surface area contributed by atoms with E-state index in [0.717, 1.165) is 16.7 Å². The zero-order valence-electron chi connectivity index (χ0n) is 14.6. The summed E-state index contributed by atoms with van der Waals surface area (Å²) in [5, 5.41) is 4.10. The van der Waals surface area contributed by atoms with Gasteiger partial charge in [0.25, 0.3) is 10.0 Å². The standard InChI is InChI=1S/C17H18ClN5O2S/c1-4-13-15(14-8-6-5-7-11(14)2)20-17(21-16(13)18)22-26(24,25)12-9-19-23(3)10-12/h5-10H,4H2,1-3H3,(H,20,21,22). The minimum absolute atomic E-state index is 0.0248. The molecular weight excluding hydrogens is 374 g/mol. The Labute approximate surface area is 157 Å². The van der Waals surface area contributed by atoms with Crippen molar-refractivity contribution < 1.29 is 8.42 Å². The van der Waals surface area contributed by atoms with Crippen LogP contribution in [0.2, 0.25) is 5.15 Å². The fraction of sp³-hybridized carbons (Fsp3) is 0.235. The molecule has 0 fully saturated rings. The van der Waals surface area contributed by atoms with Crippen molar-refractivity contribution in [3.8, 4) is 11.3 Å². The molecule has 0 bridgehead atoms. The van der Waals surface area contributed by atoms with Crippen LogP contribution in [0, 0.1) is 6.92 Å². The number of aryl methyl sites for hydroxylation is 2. The summed E-state index contributed by atoms with van der Waals surface area (Å²) in [5.41, 5.74) is 3.29. The van der Waals surface area contributed by atoms with Crippen molar-refractivity contribution in [3.05, 3.63) is 52.9 Å². The third kappa shape index (κ3) is 3.56. The molecule has 0 spiro atoms. The number of nitrogens with one attached hydrogen (secondary N) is 1. The van der Waals surface area contributed by atoms with Gasteiger partial charge in [-0.1, -0.05) is 42.8 Å². The van der Waals surface area contributed by atoms with Gasteiger partial charge in [-0.3, -0.25) is 4.68 Å². The van der Waals surface area contributed by atoms with E-state index < -0.39 is 10.0 Å². The highest BCUT2D eigenvalue weighted by atomic mass is 35.5. The predicted octanol–water partition coefficient (Wildman–Crippen LogP) is 3.20. The van der Waals surface area contributed by atoms with Gasteiger partial charge in [-0.15, -0.1) is 0 Å². The lowest BCUT2D eigenvalue weighted by Crippen LogP contribution is -2.15. The number of sulfonamides is 1. The molecule has 1 N–H and O–H groups in total. The average Bonchev–Trinajstić information content (AvgIpc) is 3.02. The van der Waals surface area contributed by atoms with Crippen molar-refractivity contribution in [3.63, 3.8) is 0 Å². The zero-order valence-corrected chi connectivity index (χ0v) is 16.1. The van der Waals surface area contributed by atoms with Gasteiger partial charge in [-0.2, -0.15) is 10.1 Å². The van der Waals surface area contributed by atoms with Crippen LogP contribution >= 0.6 is 11.6 Å². The van der Waals surface area contributed by atoms with Gasteiger partial charge < -0.3 is 0 Å². The normalized spacial score (nSPS) is 11.5. The zero-order chi connectivity index (χ0) is 18.9. The number of anilines is 1. The van der Waals surface area contributed by atoms with E-state index >= 15 is 0 Å². The van der Waals surface area contributed by atoms with E-state index in [1.165, 1.54) is 17.1 Å². The number of rotatable bonds is 5. The molecule has 0 aliphatic rings. The van der Waals surface area contributed by atoms with Crippen LogP contribution < -0.4 is 4.72 Å². The molecule has 0 radical (unpaired) electrons. The van der Waals surface area contributed by atoms with Crippen LogP contribution in [0.4, 0.5) is 5.95 Å². The summed E-state index contributed by atoms with van der Waals surface area (Å²) >= 11 is 6.31. The maximum absolute atomic E-state index is 12.5. The monoisotopic (exact) mass is 391 g/mol. The summed E-state index contributed by atoms with van der Waals surface area (Å²) in [7, 11) is -2.22. The lowest BCUT2D eigenvalue weighted by molar-refractivity contribution is 0.600. The fourth-order valence-electron chi connectivity index (χ4n) is 2.59. The number of hydrogen-bond donors (Lipinski definition) is 1. The van der Waals surface area contributed by atoms with Gasteiger partial charge in [0.2, 0.25) is 5.95 Å². The molecule has 26 heavy (non-hydrogen) atoms. The molecule has 9 heteroatoms. The quantitative estimate of drug-likeness (QED) is 0.674. The van der Waals surface area contributed by atoms with Crippen LogP contribution in [0.3, 0.4) is 0 Å². The molecule has 3 aromatic rings. The lowest BCUT2D eigenvalue weighted by Gasteiger charge is -2.13. The van der Waals surface area contributed by atoms with Crippen molar-refractivity contribution in [1.29, 1.82) is 0 Å². The highest BCUT2D eigenvalue weighted by Gasteiger charge is 2.21. The molecule has 1 aromatic carbocycles. The van der Waals surface area contributed by atoms with E-state index in [0.29, 0.717) is 12.1 Å². The summed E-state index contributed by atoms with van der Waals surface area (Å²) in [5.74, 6) is -0.0747. The highest BCUT2D eigenvalue weighted by Crippen LogP contribution is 2.30. The van der Waals surface area contributed by atoms with E-state index in [1.54, 1.807) is 7.05 Å². The Morgan fingerprint density at radius 3 is 2.58 bits per heavy atom. The first-order chi connectivity index (χ1) is 12.3. The SMILES string of the molecule is CCc1c(Cl)nc(NS(=O)(=O)c2cnn(C)c2)nc1-c1ccccc1C. The number of benzene rings is 1. The van der Waals surface area contributed by atoms with E-state index in [4.69, 9.17) is 11.6 Å². The summed E-state index contributed by atoms with van der Waals surface area (Å²) in [6.45, 7) is 3.91. The molecule has 0 unspecified atom stereocenters. The molecule has 136 valence electrons. The van der Waals surface area contributed by atoms with Gasteiger partial charge in [0, 0.05) is 24.4 Å². The molecule has 0 saturated carbocycles. The minimum atomic E-state index is -3.85. The van der Waals surface area contributed by atoms with Crippen LogP contribution in [-0.4, -0.2) is 28.2 Å². The summed E-state index contributed by atoms with van der Waals surface area (Å²) in [6, 6.07) is 7.72. The number of hydrogen-bond acceptors (Lipinski definition) is 5. The van der Waals surface area contributed by atoms with Crippen LogP contribution in [-0.2, 0) is 23.5 Å². The maximum Gasteiger partial charge on any atom is 0.267 e. The molecule has 7 nitrogen and oxygen atoms in total. The molecule has 0 saturated heterocycles. The summed E-state index contributed by atoms with van der Waals surface area (Å²) in [4.78, 5) is 8.58. The van der Waals surface area contributed by atoms with E-state index in [2.05, 4.69) is 19.8 Å². The smallest absolute Gasteiger partial charge is 0.267 e. The van der Waals surface area contributed by atoms with Gasteiger partial charge in [-0.05, 0) is 18.9 Å². The average molecular weight is 392 g/mol. The number of halogens is 1. The van der Waals surface area contributed by atoms with Crippen LogP contribution in [0.15, 0.2) is 41.6 Å². The summed E-state index contributed by atoms with van der Waals surface area (Å²) in [6.07, 6.45) is 3.28. The highest BCUT2D eigenvalue weighted by molar-refractivity contribution is 7.92. The molecule has 3 rings (SSSR count). The van der Waals surface area contributed by atoms with Gasteiger partial charge in [0.1, 0.15) is 10.0 Å². The van der Waals surface area contributed by atoms with E-state index in [1.807, 2.05) is 38.1 Å². The second kappa shape index (κ2) is 7.05. The second-order valence-corrected chi connectivity index (χ2v) is 7.83. The van der Waals surface area contributed by atoms with Crippen molar-refractivity contribution in [2.45, 2.75) is 25.2 Å². The van der Waals surface area contributed by atoms with E-state index in [-0.39, 0.29) is 16.0 Å². The number of aromatic nitrogens is 4. The third-order valence-corrected chi connectivity index (χ3v) is 5.52. The number of nitrogens with zero attached hydrogens (tertiary/aromatic N) is 4. The molecule has 0 amide bonds. The Balaban J connectivity index is 2.09. The largest absolute Gasteiger partial charge is 0.274 e. The Bertz CT molecular complexity index is 1060. The minimum Gasteiger partial charge on any atom is -0.274 e. The Morgan fingerprint density at radius 2 is 1.96 bits per heavy atom. The van der Waals surface area contributed by atoms with Crippen molar-refractivity contribution >= 4 is 27.6 Å². The molecule has 2 aromatic heterocycles. The van der Waals surface area contributed by atoms with Crippen LogP contribution in [0.5, 0.6) is 0 Å². The molecule has 0 aliphatic heterocycles. The van der Waals surface area contributed by atoms with Gasteiger partial charge >= 0.3 is 0 Å². The van der Waals surface area contributed by atoms with Crippen LogP contribution in [0.25, 0.3) is 11.3 Å². The summed E-state index contributed by atoms with van der Waals surface area (Å²) < 4.78 is 28.8. The van der Waals surface area contributed by atoms with Crippen molar-refractivity contribution in [2.75, 3.05) is 4.72 Å². The Hall–Kier alpha value is -2.45. The first-order valence-corrected chi connectivity index (χ1v) is 9.82. The maximum atomic E-state index is 12.5. The lowest BCUT2D eigenvalue weighted by atomic mass is 10.0. The first kappa shape index (κ1) is 18.3. The molecule has 0 aliphatic carbocycles. The first-order valence-electron chi connectivity index (χ1n) is 7.95.